The topological polar surface area (TPSA) is 30.3 Å². The van der Waals surface area contributed by atoms with Crippen LogP contribution in [0.1, 0.15) is 25.0 Å². The van der Waals surface area contributed by atoms with E-state index in [-0.39, 0.29) is 15.0 Å². The smallest absolute Gasteiger partial charge is 0.141 e. The maximum Gasteiger partial charge on any atom is 0.141 e. The van der Waals surface area contributed by atoms with Crippen LogP contribution in [0.5, 0.6) is 0 Å². The first-order chi connectivity index (χ1) is 14.4. The van der Waals surface area contributed by atoms with Gasteiger partial charge in [0.1, 0.15) is 11.9 Å². The summed E-state index contributed by atoms with van der Waals surface area (Å²) in [5.74, 6) is 1.65. The van der Waals surface area contributed by atoms with Gasteiger partial charge >= 0.3 is 0 Å². The van der Waals surface area contributed by atoms with Crippen molar-refractivity contribution in [1.82, 2.24) is 0 Å². The Morgan fingerprint density at radius 3 is 2.43 bits per heavy atom. The van der Waals surface area contributed by atoms with Crippen LogP contribution in [-0.4, -0.2) is 31.6 Å². The minimum atomic E-state index is -0.506. The molecule has 1 heterocycles. The minimum Gasteiger partial charge on any atom is -0.370 e. The monoisotopic (exact) mass is 439 g/mol. The second kappa shape index (κ2) is 10.0. The Labute approximate surface area is 185 Å². The Morgan fingerprint density at radius 1 is 1.20 bits per heavy atom. The average Bonchev–Trinajstić information content (AvgIpc) is 2.77. The molecule has 0 atom stereocenters. The van der Waals surface area contributed by atoms with Crippen molar-refractivity contribution in [3.63, 3.8) is 0 Å². The van der Waals surface area contributed by atoms with Gasteiger partial charge in [0.25, 0.3) is 0 Å². The van der Waals surface area contributed by atoms with Crippen molar-refractivity contribution in [1.29, 1.82) is 5.26 Å². The average molecular weight is 440 g/mol. The highest BCUT2D eigenvalue weighted by molar-refractivity contribution is 8.28. The quantitative estimate of drug-likeness (QED) is 0.611. The number of nitriles is 1. The molecule has 1 saturated heterocycles. The fraction of sp³-hybridized carbons (Fsp3) is 0.292. The summed E-state index contributed by atoms with van der Waals surface area (Å²) >= 11 is 5.43. The third-order valence-electron chi connectivity index (χ3n) is 5.35. The van der Waals surface area contributed by atoms with Crippen LogP contribution in [-0.2, 0) is 20.6 Å². The first kappa shape index (κ1) is 22.2. The molecule has 6 heteroatoms. The molecule has 0 radical (unpaired) electrons. The van der Waals surface area contributed by atoms with Gasteiger partial charge in [-0.2, -0.15) is 5.26 Å². The van der Waals surface area contributed by atoms with Crippen molar-refractivity contribution in [3.8, 4) is 6.07 Å². The van der Waals surface area contributed by atoms with Gasteiger partial charge in [-0.3, -0.25) is 0 Å². The van der Waals surface area contributed by atoms with Crippen LogP contribution in [0.25, 0.3) is 5.70 Å². The molecule has 3 nitrogen and oxygen atoms in total. The van der Waals surface area contributed by atoms with Crippen molar-refractivity contribution in [2.24, 2.45) is 0 Å². The molecular formula is C24H26FN3S2. The number of nitrogens with zero attached hydrogens (tertiary/aromatic N) is 3. The van der Waals surface area contributed by atoms with Crippen LogP contribution in [0.15, 0.2) is 60.2 Å². The summed E-state index contributed by atoms with van der Waals surface area (Å²) in [5, 5.41) is 9.03. The summed E-state index contributed by atoms with van der Waals surface area (Å²) < 4.78 is 14.3. The zero-order chi connectivity index (χ0) is 21.7. The standard InChI is InChI=1S/C24H26FN3S2/c1-4-18(2)15-24(19-5-6-20(17-26)23(25)16-19)27(3)21-7-9-22(10-8-21)28-11-13-30(29)14-12-28/h4-10,15-16H,11-14H2,1-3H3/b18-4-,24-15-. The normalized spacial score (nSPS) is 15.8. The number of anilines is 2. The van der Waals surface area contributed by atoms with E-state index in [9.17, 15) is 4.39 Å². The van der Waals surface area contributed by atoms with Gasteiger partial charge in [0.05, 0.1) is 5.56 Å². The van der Waals surface area contributed by atoms with E-state index < -0.39 is 5.82 Å². The van der Waals surface area contributed by atoms with Crippen molar-refractivity contribution < 1.29 is 4.39 Å². The highest BCUT2D eigenvalue weighted by Crippen LogP contribution is 2.29. The predicted octanol–water partition coefficient (Wildman–Crippen LogP) is 5.04. The maximum absolute atomic E-state index is 14.3. The van der Waals surface area contributed by atoms with Crippen LogP contribution >= 0.6 is 0 Å². The molecule has 2 aromatic carbocycles. The summed E-state index contributed by atoms with van der Waals surface area (Å²) in [7, 11) is 2.11. The van der Waals surface area contributed by atoms with Crippen molar-refractivity contribution in [2.45, 2.75) is 13.8 Å². The molecule has 0 unspecified atom stereocenters. The molecule has 0 saturated carbocycles. The first-order valence-electron chi connectivity index (χ1n) is 9.91. The molecule has 0 aliphatic carbocycles. The summed E-state index contributed by atoms with van der Waals surface area (Å²) in [4.78, 5) is 4.44. The van der Waals surface area contributed by atoms with E-state index in [0.29, 0.717) is 0 Å². The third kappa shape index (κ3) is 5.16. The van der Waals surface area contributed by atoms with E-state index >= 15 is 0 Å². The van der Waals surface area contributed by atoms with E-state index in [0.717, 1.165) is 47.1 Å². The zero-order valence-corrected chi connectivity index (χ0v) is 19.2. The fourth-order valence-electron chi connectivity index (χ4n) is 3.36. The maximum atomic E-state index is 14.3. The van der Waals surface area contributed by atoms with Crippen LogP contribution < -0.4 is 9.80 Å². The molecule has 3 rings (SSSR count). The Kier molecular flexibility index (Phi) is 7.41. The molecule has 1 fully saturated rings. The van der Waals surface area contributed by atoms with Crippen LogP contribution in [0.3, 0.4) is 0 Å². The molecule has 1 aliphatic rings. The Bertz CT molecular complexity index is 1030. The van der Waals surface area contributed by atoms with Gasteiger partial charge in [0.15, 0.2) is 0 Å². The molecule has 0 N–H and O–H groups in total. The molecule has 0 spiro atoms. The molecule has 30 heavy (non-hydrogen) atoms. The van der Waals surface area contributed by atoms with Gasteiger partial charge in [-0.05, 0) is 56.3 Å². The van der Waals surface area contributed by atoms with E-state index in [4.69, 9.17) is 16.4 Å². The first-order valence-corrected chi connectivity index (χ1v) is 12.4. The molecule has 156 valence electrons. The van der Waals surface area contributed by atoms with Crippen LogP contribution in [0.4, 0.5) is 15.8 Å². The largest absolute Gasteiger partial charge is 0.370 e. The number of halogens is 1. The van der Waals surface area contributed by atoms with Crippen LogP contribution in [0.2, 0.25) is 0 Å². The van der Waals surface area contributed by atoms with E-state index in [1.165, 1.54) is 17.8 Å². The van der Waals surface area contributed by atoms with Crippen LogP contribution in [0, 0.1) is 17.1 Å². The Balaban J connectivity index is 1.90. The summed E-state index contributed by atoms with van der Waals surface area (Å²) in [6, 6.07) is 15.1. The van der Waals surface area contributed by atoms with Crippen molar-refractivity contribution >= 4 is 37.7 Å². The number of rotatable bonds is 5. The number of hydrogen-bond acceptors (Lipinski definition) is 4. The molecule has 0 amide bonds. The van der Waals surface area contributed by atoms with E-state index in [2.05, 4.69) is 34.1 Å². The Hall–Kier alpha value is -2.49. The lowest BCUT2D eigenvalue weighted by Gasteiger charge is -2.30. The minimum absolute atomic E-state index is 0.0522. The Morgan fingerprint density at radius 2 is 1.87 bits per heavy atom. The van der Waals surface area contributed by atoms with Gasteiger partial charge in [-0.1, -0.05) is 28.9 Å². The zero-order valence-electron chi connectivity index (χ0n) is 17.6. The second-order valence-electron chi connectivity index (χ2n) is 7.28. The third-order valence-corrected chi connectivity index (χ3v) is 7.62. The van der Waals surface area contributed by atoms with Gasteiger partial charge in [-0.25, -0.2) is 4.39 Å². The number of hydrogen-bond donors (Lipinski definition) is 0. The summed E-state index contributed by atoms with van der Waals surface area (Å²) in [5.41, 5.74) is 4.95. The molecule has 2 aromatic rings. The van der Waals surface area contributed by atoms with E-state index in [1.807, 2.05) is 39.1 Å². The molecular weight excluding hydrogens is 413 g/mol. The lowest BCUT2D eigenvalue weighted by atomic mass is 10.0. The highest BCUT2D eigenvalue weighted by Gasteiger charge is 2.16. The van der Waals surface area contributed by atoms with Gasteiger partial charge in [-0.15, -0.1) is 9.45 Å². The molecule has 0 aromatic heterocycles. The van der Waals surface area contributed by atoms with Gasteiger partial charge in [0, 0.05) is 54.3 Å². The van der Waals surface area contributed by atoms with Gasteiger partial charge in [0.2, 0.25) is 0 Å². The summed E-state index contributed by atoms with van der Waals surface area (Å²) in [6.45, 7) is 6.01. The van der Waals surface area contributed by atoms with Crippen molar-refractivity contribution in [3.05, 3.63) is 77.1 Å². The SMILES string of the molecule is C/C=C(C)\C=C(\c1ccc(C#N)c(F)c1)N(C)c1ccc(N2CCS(=S)CC2)cc1. The number of allylic oxidation sites excluding steroid dienone is 3. The highest BCUT2D eigenvalue weighted by atomic mass is 32.8. The van der Waals surface area contributed by atoms with Crippen molar-refractivity contribution in [2.75, 3.05) is 41.4 Å². The predicted molar refractivity (Wildman–Crippen MR) is 130 cm³/mol. The molecule has 0 bridgehead atoms. The second-order valence-corrected chi connectivity index (χ2v) is 10.4. The lowest BCUT2D eigenvalue weighted by molar-refractivity contribution is 0.623. The van der Waals surface area contributed by atoms with E-state index in [1.54, 1.807) is 6.07 Å². The molecule has 1 aliphatic heterocycles. The summed E-state index contributed by atoms with van der Waals surface area (Å²) in [6.07, 6.45) is 4.05. The number of benzene rings is 2. The fourth-order valence-corrected chi connectivity index (χ4v) is 4.86. The lowest BCUT2D eigenvalue weighted by Crippen LogP contribution is -2.37. The van der Waals surface area contributed by atoms with Gasteiger partial charge < -0.3 is 9.80 Å².